The first-order valence-electron chi connectivity index (χ1n) is 7.42. The zero-order valence-corrected chi connectivity index (χ0v) is 15.5. The lowest BCUT2D eigenvalue weighted by Crippen LogP contribution is -2.41. The fourth-order valence-electron chi connectivity index (χ4n) is 2.70. The molecule has 0 saturated carbocycles. The van der Waals surface area contributed by atoms with E-state index in [0.717, 1.165) is 50.6 Å². The summed E-state index contributed by atoms with van der Waals surface area (Å²) in [6.07, 6.45) is 2.00. The molecule has 2 rings (SSSR count). The van der Waals surface area contributed by atoms with Crippen LogP contribution in [0.1, 0.15) is 12.0 Å². The molecule has 4 nitrogen and oxygen atoms in total. The van der Waals surface area contributed by atoms with Crippen LogP contribution in [0.3, 0.4) is 0 Å². The number of benzene rings is 1. The number of nitrogens with one attached hydrogen (secondary N) is 1. The molecule has 1 aliphatic heterocycles. The van der Waals surface area contributed by atoms with Crippen LogP contribution in [0.25, 0.3) is 0 Å². The van der Waals surface area contributed by atoms with Crippen LogP contribution in [0.15, 0.2) is 29.3 Å². The predicted molar refractivity (Wildman–Crippen MR) is 98.4 cm³/mol. The Hall–Kier alpha value is -0.890. The standard InChI is InChI=1S/C16H24FN3O.HI/c1-18-16(20-10-8-14(11-20)12-21-2)19-9-7-13-3-5-15(17)6-4-13;/h3-6,14H,7-12H2,1-2H3,(H,18,19);1H. The summed E-state index contributed by atoms with van der Waals surface area (Å²) in [6.45, 7) is 3.61. The molecule has 6 heteroatoms. The normalized spacial score (nSPS) is 18.2. The Morgan fingerprint density at radius 1 is 1.41 bits per heavy atom. The second-order valence-corrected chi connectivity index (χ2v) is 5.41. The number of hydrogen-bond acceptors (Lipinski definition) is 2. The van der Waals surface area contributed by atoms with Gasteiger partial charge in [0.25, 0.3) is 0 Å². The molecule has 22 heavy (non-hydrogen) atoms. The fourth-order valence-corrected chi connectivity index (χ4v) is 2.70. The number of ether oxygens (including phenoxy) is 1. The molecule has 0 aliphatic carbocycles. The number of likely N-dealkylation sites (tertiary alicyclic amines) is 1. The summed E-state index contributed by atoms with van der Waals surface area (Å²) in [5, 5.41) is 3.38. The van der Waals surface area contributed by atoms with E-state index in [1.54, 1.807) is 7.11 Å². The molecule has 1 atom stereocenters. The summed E-state index contributed by atoms with van der Waals surface area (Å²) in [7, 11) is 3.56. The lowest BCUT2D eigenvalue weighted by Gasteiger charge is -2.21. The number of hydrogen-bond donors (Lipinski definition) is 1. The molecule has 0 bridgehead atoms. The smallest absolute Gasteiger partial charge is 0.193 e. The van der Waals surface area contributed by atoms with Gasteiger partial charge in [0.15, 0.2) is 5.96 Å². The molecule has 1 aromatic rings. The zero-order chi connectivity index (χ0) is 15.1. The molecule has 1 heterocycles. The van der Waals surface area contributed by atoms with Crippen molar-refractivity contribution in [3.63, 3.8) is 0 Å². The molecule has 0 amide bonds. The van der Waals surface area contributed by atoms with E-state index in [2.05, 4.69) is 15.2 Å². The Kier molecular flexibility index (Phi) is 8.70. The lowest BCUT2D eigenvalue weighted by molar-refractivity contribution is 0.157. The van der Waals surface area contributed by atoms with Crippen LogP contribution in [-0.2, 0) is 11.2 Å². The molecule has 1 unspecified atom stereocenters. The first-order chi connectivity index (χ1) is 10.2. The monoisotopic (exact) mass is 421 g/mol. The third-order valence-corrected chi connectivity index (χ3v) is 3.81. The summed E-state index contributed by atoms with van der Waals surface area (Å²) >= 11 is 0. The van der Waals surface area contributed by atoms with Gasteiger partial charge in [-0.15, -0.1) is 24.0 Å². The number of guanidine groups is 1. The Morgan fingerprint density at radius 3 is 2.77 bits per heavy atom. The molecule has 124 valence electrons. The van der Waals surface area contributed by atoms with Gasteiger partial charge in [0, 0.05) is 39.7 Å². The second kappa shape index (κ2) is 9.99. The van der Waals surface area contributed by atoms with Crippen LogP contribution in [0.2, 0.25) is 0 Å². The maximum Gasteiger partial charge on any atom is 0.193 e. The lowest BCUT2D eigenvalue weighted by atomic mass is 10.1. The van der Waals surface area contributed by atoms with Gasteiger partial charge in [0.1, 0.15) is 5.82 Å². The predicted octanol–water partition coefficient (Wildman–Crippen LogP) is 2.53. The highest BCUT2D eigenvalue weighted by molar-refractivity contribution is 14.0. The Balaban J connectivity index is 0.00000242. The Bertz CT molecular complexity index is 467. The summed E-state index contributed by atoms with van der Waals surface area (Å²) in [5.41, 5.74) is 1.12. The van der Waals surface area contributed by atoms with Gasteiger partial charge in [-0.1, -0.05) is 12.1 Å². The maximum absolute atomic E-state index is 12.8. The van der Waals surface area contributed by atoms with Crippen molar-refractivity contribution in [2.24, 2.45) is 10.9 Å². The topological polar surface area (TPSA) is 36.9 Å². The van der Waals surface area contributed by atoms with E-state index < -0.39 is 0 Å². The summed E-state index contributed by atoms with van der Waals surface area (Å²) < 4.78 is 18.1. The average Bonchev–Trinajstić information content (AvgIpc) is 2.94. The highest BCUT2D eigenvalue weighted by Crippen LogP contribution is 2.16. The highest BCUT2D eigenvalue weighted by atomic mass is 127. The molecule has 0 aromatic heterocycles. The van der Waals surface area contributed by atoms with Gasteiger partial charge in [-0.2, -0.15) is 0 Å². The van der Waals surface area contributed by atoms with Crippen molar-refractivity contribution in [2.75, 3.05) is 40.4 Å². The van der Waals surface area contributed by atoms with E-state index in [1.165, 1.54) is 12.1 Å². The minimum absolute atomic E-state index is 0. The molecule has 1 saturated heterocycles. The molecule has 1 N–H and O–H groups in total. The van der Waals surface area contributed by atoms with E-state index in [1.807, 2.05) is 19.2 Å². The number of aliphatic imine (C=N–C) groups is 1. The molecular formula is C16H25FIN3O. The zero-order valence-electron chi connectivity index (χ0n) is 13.2. The van der Waals surface area contributed by atoms with Gasteiger partial charge in [-0.05, 0) is 30.5 Å². The minimum atomic E-state index is -0.191. The third kappa shape index (κ3) is 5.72. The number of halogens is 2. The van der Waals surface area contributed by atoms with Crippen molar-refractivity contribution < 1.29 is 9.13 Å². The van der Waals surface area contributed by atoms with E-state index >= 15 is 0 Å². The van der Waals surface area contributed by atoms with Crippen LogP contribution < -0.4 is 5.32 Å². The van der Waals surface area contributed by atoms with E-state index in [9.17, 15) is 4.39 Å². The van der Waals surface area contributed by atoms with Crippen LogP contribution >= 0.6 is 24.0 Å². The van der Waals surface area contributed by atoms with Crippen molar-refractivity contribution in [1.29, 1.82) is 0 Å². The van der Waals surface area contributed by atoms with Crippen LogP contribution in [0, 0.1) is 11.7 Å². The molecule has 1 aliphatic rings. The minimum Gasteiger partial charge on any atom is -0.384 e. The van der Waals surface area contributed by atoms with Gasteiger partial charge in [0.2, 0.25) is 0 Å². The quantitative estimate of drug-likeness (QED) is 0.451. The molecular weight excluding hydrogens is 396 g/mol. The second-order valence-electron chi connectivity index (χ2n) is 5.41. The summed E-state index contributed by atoms with van der Waals surface area (Å²) in [4.78, 5) is 6.61. The van der Waals surface area contributed by atoms with Gasteiger partial charge in [0.05, 0.1) is 6.61 Å². The van der Waals surface area contributed by atoms with Crippen LogP contribution in [0.4, 0.5) is 4.39 Å². The number of rotatable bonds is 5. The Labute approximate surface area is 149 Å². The van der Waals surface area contributed by atoms with Gasteiger partial charge < -0.3 is 15.0 Å². The largest absolute Gasteiger partial charge is 0.384 e. The fraction of sp³-hybridized carbons (Fsp3) is 0.562. The summed E-state index contributed by atoms with van der Waals surface area (Å²) in [5.74, 6) is 1.34. The van der Waals surface area contributed by atoms with Gasteiger partial charge in [-0.25, -0.2) is 4.39 Å². The maximum atomic E-state index is 12.8. The van der Waals surface area contributed by atoms with Crippen molar-refractivity contribution in [2.45, 2.75) is 12.8 Å². The Morgan fingerprint density at radius 2 is 2.14 bits per heavy atom. The van der Waals surface area contributed by atoms with Crippen molar-refractivity contribution in [3.05, 3.63) is 35.6 Å². The van der Waals surface area contributed by atoms with Gasteiger partial charge >= 0.3 is 0 Å². The molecule has 0 radical (unpaired) electrons. The van der Waals surface area contributed by atoms with Crippen molar-refractivity contribution >= 4 is 29.9 Å². The molecule has 1 aromatic carbocycles. The number of methoxy groups -OCH3 is 1. The third-order valence-electron chi connectivity index (χ3n) is 3.81. The average molecular weight is 421 g/mol. The molecule has 0 spiro atoms. The molecule has 1 fully saturated rings. The van der Waals surface area contributed by atoms with E-state index in [0.29, 0.717) is 5.92 Å². The van der Waals surface area contributed by atoms with E-state index in [4.69, 9.17) is 4.74 Å². The van der Waals surface area contributed by atoms with Crippen LogP contribution in [0.5, 0.6) is 0 Å². The van der Waals surface area contributed by atoms with Crippen molar-refractivity contribution in [3.8, 4) is 0 Å². The van der Waals surface area contributed by atoms with Crippen molar-refractivity contribution in [1.82, 2.24) is 10.2 Å². The van der Waals surface area contributed by atoms with E-state index in [-0.39, 0.29) is 29.8 Å². The number of nitrogens with zero attached hydrogens (tertiary/aromatic N) is 2. The SMILES string of the molecule is CN=C(NCCc1ccc(F)cc1)N1CCC(COC)C1.I. The first kappa shape index (κ1) is 19.2. The first-order valence-corrected chi connectivity index (χ1v) is 7.42. The highest BCUT2D eigenvalue weighted by Gasteiger charge is 2.24. The van der Waals surface area contributed by atoms with Gasteiger partial charge in [-0.3, -0.25) is 4.99 Å². The summed E-state index contributed by atoms with van der Waals surface area (Å²) in [6, 6.07) is 6.65. The van der Waals surface area contributed by atoms with Crippen LogP contribution in [-0.4, -0.2) is 51.3 Å².